The second-order valence-electron chi connectivity index (χ2n) is 5.97. The zero-order valence-electron chi connectivity index (χ0n) is 14.8. The van der Waals surface area contributed by atoms with Gasteiger partial charge in [-0.1, -0.05) is 53.3 Å². The topological polar surface area (TPSA) is 95.5 Å². The zero-order valence-corrected chi connectivity index (χ0v) is 16.3. The fourth-order valence-corrected chi connectivity index (χ4v) is 3.87. The van der Waals surface area contributed by atoms with Crippen molar-refractivity contribution in [2.24, 2.45) is 5.10 Å². The van der Waals surface area contributed by atoms with Crippen LogP contribution in [0.3, 0.4) is 0 Å². The summed E-state index contributed by atoms with van der Waals surface area (Å²) in [6, 6.07) is 9.95. The van der Waals surface area contributed by atoms with Crippen LogP contribution >= 0.6 is 22.9 Å². The summed E-state index contributed by atoms with van der Waals surface area (Å²) in [7, 11) is 0. The van der Waals surface area contributed by atoms with Crippen molar-refractivity contribution < 1.29 is 4.74 Å². The molecule has 28 heavy (non-hydrogen) atoms. The smallest absolute Gasteiger partial charge is 0.285 e. The monoisotopic (exact) mass is 416 g/mol. The van der Waals surface area contributed by atoms with Crippen molar-refractivity contribution in [3.63, 3.8) is 0 Å². The van der Waals surface area contributed by atoms with Gasteiger partial charge >= 0.3 is 0 Å². The quantitative estimate of drug-likeness (QED) is 0.490. The van der Waals surface area contributed by atoms with E-state index >= 15 is 0 Å². The number of hydrogen-bond donors (Lipinski definition) is 2. The lowest BCUT2D eigenvalue weighted by Crippen LogP contribution is -2.36. The lowest BCUT2D eigenvalue weighted by molar-refractivity contribution is 0.122. The van der Waals surface area contributed by atoms with E-state index < -0.39 is 5.56 Å². The molecule has 8 nitrogen and oxygen atoms in total. The zero-order chi connectivity index (χ0) is 19.3. The van der Waals surface area contributed by atoms with E-state index in [1.54, 1.807) is 17.6 Å². The average molecular weight is 417 g/mol. The number of H-pyrrole nitrogens is 1. The Morgan fingerprint density at radius 3 is 2.86 bits per heavy atom. The number of benzene rings is 1. The van der Waals surface area contributed by atoms with Gasteiger partial charge in [-0.05, 0) is 0 Å². The van der Waals surface area contributed by atoms with Crippen molar-refractivity contribution in [1.82, 2.24) is 15.2 Å². The molecule has 0 spiro atoms. The SMILES string of the molecule is O=c1[nH]ncc(N/N=C\c2sc(N3CCOCC3)nc2-c2ccccc2)c1Cl. The molecular formula is C18H17ClN6O2S. The van der Waals surface area contributed by atoms with Gasteiger partial charge in [0.1, 0.15) is 10.7 Å². The number of halogens is 1. The highest BCUT2D eigenvalue weighted by atomic mass is 35.5. The molecule has 0 saturated carbocycles. The molecule has 0 radical (unpaired) electrons. The largest absolute Gasteiger partial charge is 0.378 e. The number of hydrogen-bond acceptors (Lipinski definition) is 8. The Labute approximate surface area is 169 Å². The molecule has 2 N–H and O–H groups in total. The molecule has 1 fully saturated rings. The van der Waals surface area contributed by atoms with Crippen molar-refractivity contribution in [1.29, 1.82) is 0 Å². The Balaban J connectivity index is 1.63. The summed E-state index contributed by atoms with van der Waals surface area (Å²) in [6.07, 6.45) is 3.09. The maximum Gasteiger partial charge on any atom is 0.285 e. The molecule has 144 valence electrons. The molecule has 0 unspecified atom stereocenters. The number of rotatable bonds is 5. The molecule has 0 atom stereocenters. The van der Waals surface area contributed by atoms with E-state index in [1.165, 1.54) is 6.20 Å². The predicted molar refractivity (Wildman–Crippen MR) is 112 cm³/mol. The van der Waals surface area contributed by atoms with E-state index in [0.717, 1.165) is 34.4 Å². The van der Waals surface area contributed by atoms with Crippen LogP contribution in [-0.2, 0) is 4.74 Å². The third-order valence-electron chi connectivity index (χ3n) is 4.13. The average Bonchev–Trinajstić information content (AvgIpc) is 3.17. The van der Waals surface area contributed by atoms with E-state index in [9.17, 15) is 4.79 Å². The van der Waals surface area contributed by atoms with Gasteiger partial charge < -0.3 is 9.64 Å². The van der Waals surface area contributed by atoms with E-state index in [2.05, 4.69) is 25.6 Å². The fraction of sp³-hybridized carbons (Fsp3) is 0.222. The third-order valence-corrected chi connectivity index (χ3v) is 5.56. The van der Waals surface area contributed by atoms with Gasteiger partial charge in [-0.2, -0.15) is 10.2 Å². The summed E-state index contributed by atoms with van der Waals surface area (Å²) in [5.41, 5.74) is 4.50. The van der Waals surface area contributed by atoms with Crippen molar-refractivity contribution in [2.75, 3.05) is 36.6 Å². The Kier molecular flexibility index (Phi) is 5.65. The minimum atomic E-state index is -0.473. The van der Waals surface area contributed by atoms with Gasteiger partial charge in [0.25, 0.3) is 5.56 Å². The summed E-state index contributed by atoms with van der Waals surface area (Å²) < 4.78 is 5.43. The van der Waals surface area contributed by atoms with E-state index in [-0.39, 0.29) is 5.02 Å². The summed E-state index contributed by atoms with van der Waals surface area (Å²) in [4.78, 5) is 19.5. The normalized spacial score (nSPS) is 14.5. The van der Waals surface area contributed by atoms with Gasteiger partial charge in [0, 0.05) is 18.7 Å². The summed E-state index contributed by atoms with van der Waals surface area (Å²) in [5.74, 6) is 0. The molecule has 3 aromatic rings. The standard InChI is InChI=1S/C18H17ClN6O2S/c19-15-13(10-20-24-17(15)26)23-21-11-14-16(12-4-2-1-3-5-12)22-18(28-14)25-6-8-27-9-7-25/h1-5,10-11H,6-9H2,(H2,23,24,26)/b21-11-. The molecule has 0 amide bonds. The Hall–Kier alpha value is -2.75. The second kappa shape index (κ2) is 8.51. The molecule has 1 saturated heterocycles. The maximum atomic E-state index is 11.5. The number of anilines is 2. The first kappa shape index (κ1) is 18.6. The van der Waals surface area contributed by atoms with Gasteiger partial charge in [-0.15, -0.1) is 0 Å². The Bertz CT molecular complexity index is 1030. The van der Waals surface area contributed by atoms with Crippen LogP contribution in [0.5, 0.6) is 0 Å². The van der Waals surface area contributed by atoms with E-state index in [1.807, 2.05) is 30.3 Å². The lowest BCUT2D eigenvalue weighted by atomic mass is 10.1. The molecule has 4 rings (SSSR count). The molecule has 1 aliphatic rings. The van der Waals surface area contributed by atoms with Gasteiger partial charge in [0.15, 0.2) is 5.13 Å². The maximum absolute atomic E-state index is 11.5. The number of nitrogens with zero attached hydrogens (tertiary/aromatic N) is 4. The van der Waals surface area contributed by atoms with Crippen molar-refractivity contribution >= 4 is 40.0 Å². The Morgan fingerprint density at radius 1 is 1.29 bits per heavy atom. The van der Waals surface area contributed by atoms with Crippen LogP contribution < -0.4 is 15.9 Å². The van der Waals surface area contributed by atoms with Crippen molar-refractivity contribution in [3.05, 3.63) is 56.8 Å². The van der Waals surface area contributed by atoms with Crippen LogP contribution in [0.2, 0.25) is 5.02 Å². The van der Waals surface area contributed by atoms with Gasteiger partial charge in [0.2, 0.25) is 0 Å². The van der Waals surface area contributed by atoms with Crippen LogP contribution in [0, 0.1) is 0 Å². The Morgan fingerprint density at radius 2 is 2.07 bits per heavy atom. The number of nitrogens with one attached hydrogen (secondary N) is 2. The molecule has 3 heterocycles. The van der Waals surface area contributed by atoms with Crippen LogP contribution in [0.15, 0.2) is 46.4 Å². The van der Waals surface area contributed by atoms with Crippen LogP contribution in [-0.4, -0.2) is 47.7 Å². The summed E-state index contributed by atoms with van der Waals surface area (Å²) >= 11 is 7.52. The highest BCUT2D eigenvalue weighted by molar-refractivity contribution is 7.17. The van der Waals surface area contributed by atoms with Crippen LogP contribution in [0.4, 0.5) is 10.8 Å². The van der Waals surface area contributed by atoms with Gasteiger partial charge in [-0.25, -0.2) is 10.1 Å². The van der Waals surface area contributed by atoms with Crippen molar-refractivity contribution in [2.45, 2.75) is 0 Å². The molecule has 0 bridgehead atoms. The number of aromatic nitrogens is 3. The molecule has 1 aromatic carbocycles. The highest BCUT2D eigenvalue weighted by Gasteiger charge is 2.18. The molecule has 2 aromatic heterocycles. The summed E-state index contributed by atoms with van der Waals surface area (Å²) in [6.45, 7) is 3.01. The fourth-order valence-electron chi connectivity index (χ4n) is 2.72. The van der Waals surface area contributed by atoms with Crippen LogP contribution in [0.1, 0.15) is 4.88 Å². The minimum absolute atomic E-state index is 0.00810. The van der Waals surface area contributed by atoms with E-state index in [0.29, 0.717) is 18.9 Å². The number of ether oxygens (including phenoxy) is 1. The third kappa shape index (κ3) is 4.06. The van der Waals surface area contributed by atoms with Gasteiger partial charge in [0.05, 0.1) is 36.2 Å². The first-order chi connectivity index (χ1) is 13.7. The molecule has 10 heteroatoms. The van der Waals surface area contributed by atoms with Gasteiger partial charge in [-0.3, -0.25) is 10.2 Å². The first-order valence-electron chi connectivity index (χ1n) is 8.63. The molecule has 1 aliphatic heterocycles. The first-order valence-corrected chi connectivity index (χ1v) is 9.83. The highest BCUT2D eigenvalue weighted by Crippen LogP contribution is 2.32. The molecular weight excluding hydrogens is 400 g/mol. The minimum Gasteiger partial charge on any atom is -0.378 e. The number of morpholine rings is 1. The molecule has 0 aliphatic carbocycles. The number of aromatic amines is 1. The number of thiazole rings is 1. The summed E-state index contributed by atoms with van der Waals surface area (Å²) in [5, 5.41) is 11.2. The van der Waals surface area contributed by atoms with Crippen molar-refractivity contribution in [3.8, 4) is 11.3 Å². The van der Waals surface area contributed by atoms with E-state index in [4.69, 9.17) is 21.3 Å². The predicted octanol–water partition coefficient (Wildman–Crippen LogP) is 2.83. The lowest BCUT2D eigenvalue weighted by Gasteiger charge is -2.26. The van der Waals surface area contributed by atoms with Crippen LogP contribution in [0.25, 0.3) is 11.3 Å². The number of hydrazone groups is 1. The second-order valence-corrected chi connectivity index (χ2v) is 7.36.